The molecule has 1 aromatic rings. The maximum atomic E-state index is 12.6. The van der Waals surface area contributed by atoms with E-state index in [0.717, 1.165) is 18.7 Å². The van der Waals surface area contributed by atoms with Crippen molar-refractivity contribution in [1.29, 1.82) is 0 Å². The molecule has 0 unspecified atom stereocenters. The fourth-order valence-electron chi connectivity index (χ4n) is 1.74. The zero-order valence-corrected chi connectivity index (χ0v) is 12.5. The van der Waals surface area contributed by atoms with E-state index in [1.54, 1.807) is 6.07 Å². The van der Waals surface area contributed by atoms with Gasteiger partial charge in [-0.3, -0.25) is 4.79 Å². The summed E-state index contributed by atoms with van der Waals surface area (Å²) in [5, 5.41) is 8.63. The molecule has 0 aliphatic heterocycles. The Morgan fingerprint density at radius 3 is 2.62 bits per heavy atom. The Morgan fingerprint density at radius 2 is 2.05 bits per heavy atom. The summed E-state index contributed by atoms with van der Waals surface area (Å²) in [5.41, 5.74) is -0.647. The lowest BCUT2D eigenvalue weighted by molar-refractivity contribution is -0.138. The van der Waals surface area contributed by atoms with E-state index in [-0.39, 0.29) is 6.42 Å². The normalized spacial score (nSPS) is 11.9. The average Bonchev–Trinajstić information content (AvgIpc) is 2.41. The molecule has 0 aliphatic rings. The lowest BCUT2D eigenvalue weighted by Crippen LogP contribution is -2.28. The Kier molecular flexibility index (Phi) is 7.04. The monoisotopic (exact) mass is 321 g/mol. The third-order valence-corrected chi connectivity index (χ3v) is 3.90. The van der Waals surface area contributed by atoms with Crippen LogP contribution < -0.4 is 0 Å². The molecule has 0 spiro atoms. The van der Waals surface area contributed by atoms with Gasteiger partial charge in [0.2, 0.25) is 0 Å². The first-order valence-electron chi connectivity index (χ1n) is 6.57. The van der Waals surface area contributed by atoms with Gasteiger partial charge in [0.15, 0.2) is 0 Å². The first-order valence-corrected chi connectivity index (χ1v) is 7.55. The molecule has 7 heteroatoms. The Hall–Kier alpha value is -1.21. The fourth-order valence-corrected chi connectivity index (χ4v) is 2.71. The molecule has 3 nitrogen and oxygen atoms in total. The van der Waals surface area contributed by atoms with E-state index in [1.165, 1.54) is 17.8 Å². The van der Waals surface area contributed by atoms with Crippen LogP contribution in [-0.4, -0.2) is 41.4 Å². The van der Waals surface area contributed by atoms with Crippen molar-refractivity contribution in [2.24, 2.45) is 0 Å². The summed E-state index contributed by atoms with van der Waals surface area (Å²) in [6.07, 6.45) is -4.25. The van der Waals surface area contributed by atoms with Gasteiger partial charge in [0.1, 0.15) is 0 Å². The largest absolute Gasteiger partial charge is 0.481 e. The molecular weight excluding hydrogens is 303 g/mol. The van der Waals surface area contributed by atoms with E-state index in [2.05, 4.69) is 0 Å². The first kappa shape index (κ1) is 17.8. The van der Waals surface area contributed by atoms with Gasteiger partial charge in [-0.15, -0.1) is 11.8 Å². The van der Waals surface area contributed by atoms with Crippen molar-refractivity contribution in [3.8, 4) is 0 Å². The molecule has 1 rings (SSSR count). The fraction of sp³-hybridized carbons (Fsp3) is 0.500. The molecule has 0 atom stereocenters. The molecule has 0 aromatic heterocycles. The van der Waals surface area contributed by atoms with Gasteiger partial charge in [-0.05, 0) is 24.7 Å². The van der Waals surface area contributed by atoms with Crippen molar-refractivity contribution in [3.05, 3.63) is 29.8 Å². The second kappa shape index (κ2) is 8.29. The van der Waals surface area contributed by atoms with Crippen LogP contribution in [-0.2, 0) is 11.0 Å². The zero-order chi connectivity index (χ0) is 15.9. The standard InChI is InChI=1S/C14H18F3NO2S/c1-2-18(7-6-13(19)20)8-9-21-12-5-3-4-11(10-12)14(15,16)17/h3-5,10H,2,6-9H2,1H3,(H,19,20). The highest BCUT2D eigenvalue weighted by molar-refractivity contribution is 7.99. The molecule has 1 N–H and O–H groups in total. The predicted molar refractivity (Wildman–Crippen MR) is 76.5 cm³/mol. The van der Waals surface area contributed by atoms with Crippen molar-refractivity contribution in [2.45, 2.75) is 24.4 Å². The maximum Gasteiger partial charge on any atom is 0.416 e. The van der Waals surface area contributed by atoms with Crippen molar-refractivity contribution in [2.75, 3.05) is 25.4 Å². The summed E-state index contributed by atoms with van der Waals surface area (Å²) in [6, 6.07) is 5.23. The van der Waals surface area contributed by atoms with Crippen LogP contribution in [0.2, 0.25) is 0 Å². The van der Waals surface area contributed by atoms with Crippen LogP contribution in [0.3, 0.4) is 0 Å². The summed E-state index contributed by atoms with van der Waals surface area (Å²) >= 11 is 1.34. The van der Waals surface area contributed by atoms with Gasteiger partial charge < -0.3 is 10.0 Å². The molecular formula is C14H18F3NO2S. The van der Waals surface area contributed by atoms with E-state index in [0.29, 0.717) is 23.7 Å². The van der Waals surface area contributed by atoms with E-state index in [4.69, 9.17) is 5.11 Å². The SMILES string of the molecule is CCN(CCSc1cccc(C(F)(F)F)c1)CCC(=O)O. The number of rotatable bonds is 8. The first-order chi connectivity index (χ1) is 9.82. The van der Waals surface area contributed by atoms with Crippen LogP contribution in [0.1, 0.15) is 18.9 Å². The van der Waals surface area contributed by atoms with Gasteiger partial charge in [-0.1, -0.05) is 13.0 Å². The molecule has 0 saturated carbocycles. The Labute approximate surface area is 126 Å². The van der Waals surface area contributed by atoms with E-state index >= 15 is 0 Å². The van der Waals surface area contributed by atoms with Gasteiger partial charge in [-0.25, -0.2) is 0 Å². The number of aliphatic carboxylic acids is 1. The number of carboxylic acid groups (broad SMARTS) is 1. The average molecular weight is 321 g/mol. The molecule has 0 aliphatic carbocycles. The van der Waals surface area contributed by atoms with E-state index in [9.17, 15) is 18.0 Å². The summed E-state index contributed by atoms with van der Waals surface area (Å²) in [6.45, 7) is 3.74. The van der Waals surface area contributed by atoms with Crippen molar-refractivity contribution in [1.82, 2.24) is 4.90 Å². The summed E-state index contributed by atoms with van der Waals surface area (Å²) < 4.78 is 37.7. The lowest BCUT2D eigenvalue weighted by Gasteiger charge is -2.19. The number of thioether (sulfide) groups is 1. The number of nitrogens with zero attached hydrogens (tertiary/aromatic N) is 1. The van der Waals surface area contributed by atoms with Gasteiger partial charge in [0, 0.05) is 23.7 Å². The minimum atomic E-state index is -4.33. The van der Waals surface area contributed by atoms with Crippen LogP contribution in [0.25, 0.3) is 0 Å². The number of hydrogen-bond acceptors (Lipinski definition) is 3. The molecule has 118 valence electrons. The Bertz CT molecular complexity index is 466. The highest BCUT2D eigenvalue weighted by atomic mass is 32.2. The van der Waals surface area contributed by atoms with E-state index in [1.807, 2.05) is 11.8 Å². The van der Waals surface area contributed by atoms with Crippen molar-refractivity contribution >= 4 is 17.7 Å². The lowest BCUT2D eigenvalue weighted by atomic mass is 10.2. The van der Waals surface area contributed by atoms with Crippen LogP contribution in [0, 0.1) is 0 Å². The topological polar surface area (TPSA) is 40.5 Å². The summed E-state index contributed by atoms with van der Waals surface area (Å²) in [4.78, 5) is 13.0. The number of alkyl halides is 3. The highest BCUT2D eigenvalue weighted by Gasteiger charge is 2.30. The maximum absolute atomic E-state index is 12.6. The molecule has 0 amide bonds. The van der Waals surface area contributed by atoms with Crippen LogP contribution >= 0.6 is 11.8 Å². The molecule has 0 bridgehead atoms. The summed E-state index contributed by atoms with van der Waals surface area (Å²) in [7, 11) is 0. The quantitative estimate of drug-likeness (QED) is 0.743. The van der Waals surface area contributed by atoms with Crippen molar-refractivity contribution in [3.63, 3.8) is 0 Å². The highest BCUT2D eigenvalue weighted by Crippen LogP contribution is 2.31. The van der Waals surface area contributed by atoms with Crippen LogP contribution in [0.5, 0.6) is 0 Å². The summed E-state index contributed by atoms with van der Waals surface area (Å²) in [5.74, 6) is -0.228. The third-order valence-electron chi connectivity index (χ3n) is 2.93. The Balaban J connectivity index is 2.46. The molecule has 0 fully saturated rings. The Morgan fingerprint density at radius 1 is 1.33 bits per heavy atom. The van der Waals surface area contributed by atoms with Crippen LogP contribution in [0.4, 0.5) is 13.2 Å². The molecule has 0 radical (unpaired) electrons. The number of carboxylic acids is 1. The minimum Gasteiger partial charge on any atom is -0.481 e. The molecule has 0 saturated heterocycles. The molecule has 0 heterocycles. The number of hydrogen-bond donors (Lipinski definition) is 1. The van der Waals surface area contributed by atoms with Gasteiger partial charge in [-0.2, -0.15) is 13.2 Å². The number of carbonyl (C=O) groups is 1. The second-order valence-electron chi connectivity index (χ2n) is 4.45. The van der Waals surface area contributed by atoms with Gasteiger partial charge >= 0.3 is 12.1 Å². The number of benzene rings is 1. The van der Waals surface area contributed by atoms with E-state index < -0.39 is 17.7 Å². The van der Waals surface area contributed by atoms with Gasteiger partial charge in [0.05, 0.1) is 12.0 Å². The zero-order valence-electron chi connectivity index (χ0n) is 11.7. The molecule has 1 aromatic carbocycles. The molecule has 21 heavy (non-hydrogen) atoms. The van der Waals surface area contributed by atoms with Gasteiger partial charge in [0.25, 0.3) is 0 Å². The number of halogens is 3. The second-order valence-corrected chi connectivity index (χ2v) is 5.62. The van der Waals surface area contributed by atoms with Crippen LogP contribution in [0.15, 0.2) is 29.2 Å². The third kappa shape index (κ3) is 6.86. The smallest absolute Gasteiger partial charge is 0.416 e. The van der Waals surface area contributed by atoms with Crippen molar-refractivity contribution < 1.29 is 23.1 Å². The predicted octanol–water partition coefficient (Wildman–Crippen LogP) is 3.59. The minimum absolute atomic E-state index is 0.0715.